The van der Waals surface area contributed by atoms with Gasteiger partial charge >= 0.3 is 0 Å². The second-order valence-corrected chi connectivity index (χ2v) is 7.27. The Morgan fingerprint density at radius 3 is 2.36 bits per heavy atom. The van der Waals surface area contributed by atoms with Gasteiger partial charge in [-0.3, -0.25) is 14.5 Å². The maximum absolute atomic E-state index is 12.3. The topological polar surface area (TPSA) is 64.7 Å². The van der Waals surface area contributed by atoms with Crippen LogP contribution in [0.4, 0.5) is 0 Å². The van der Waals surface area contributed by atoms with Crippen molar-refractivity contribution in [3.8, 4) is 0 Å². The van der Waals surface area contributed by atoms with Crippen molar-refractivity contribution in [1.82, 2.24) is 20.4 Å². The van der Waals surface area contributed by atoms with Gasteiger partial charge in [-0.15, -0.1) is 24.8 Å². The van der Waals surface area contributed by atoms with E-state index in [1.807, 2.05) is 11.8 Å². The largest absolute Gasteiger partial charge is 0.352 e. The zero-order chi connectivity index (χ0) is 16.2. The second kappa shape index (κ2) is 10.6. The van der Waals surface area contributed by atoms with Crippen LogP contribution in [0.5, 0.6) is 0 Å². The Morgan fingerprint density at radius 1 is 1.12 bits per heavy atom. The predicted octanol–water partition coefficient (Wildman–Crippen LogP) is 1.03. The molecule has 1 aliphatic carbocycles. The highest BCUT2D eigenvalue weighted by atomic mass is 35.5. The number of halogens is 2. The zero-order valence-electron chi connectivity index (χ0n) is 15.0. The summed E-state index contributed by atoms with van der Waals surface area (Å²) in [5.41, 5.74) is 0. The molecule has 3 rings (SSSR count). The van der Waals surface area contributed by atoms with Crippen LogP contribution in [0.2, 0.25) is 0 Å². The predicted molar refractivity (Wildman–Crippen MR) is 103 cm³/mol. The SMILES string of the molecule is CC(C(=O)NC1CC1)N1CCN(C(=O)CCC2CCNC2)CC1.Cl.Cl. The first-order chi connectivity index (χ1) is 11.1. The van der Waals surface area contributed by atoms with Crippen LogP contribution in [-0.2, 0) is 9.59 Å². The third kappa shape index (κ3) is 6.59. The number of nitrogens with zero attached hydrogens (tertiary/aromatic N) is 2. The van der Waals surface area contributed by atoms with Gasteiger partial charge in [0.25, 0.3) is 0 Å². The van der Waals surface area contributed by atoms with E-state index in [-0.39, 0.29) is 42.7 Å². The van der Waals surface area contributed by atoms with Gasteiger partial charge in [0, 0.05) is 38.6 Å². The quantitative estimate of drug-likeness (QED) is 0.705. The number of nitrogens with one attached hydrogen (secondary N) is 2. The minimum Gasteiger partial charge on any atom is -0.352 e. The molecule has 2 amide bonds. The Kier molecular flexibility index (Phi) is 9.49. The standard InChI is InChI=1S/C17H30N4O2.2ClH/c1-13(17(23)19-15-3-4-15)20-8-10-21(11-9-20)16(22)5-2-14-6-7-18-12-14;;/h13-15,18H,2-12H2,1H3,(H,19,23);2*1H. The van der Waals surface area contributed by atoms with Crippen LogP contribution in [0.3, 0.4) is 0 Å². The summed E-state index contributed by atoms with van der Waals surface area (Å²) in [5, 5.41) is 6.42. The Bertz CT molecular complexity index is 434. The zero-order valence-corrected chi connectivity index (χ0v) is 16.7. The van der Waals surface area contributed by atoms with Gasteiger partial charge in [-0.05, 0) is 51.6 Å². The van der Waals surface area contributed by atoms with Gasteiger partial charge in [0.05, 0.1) is 6.04 Å². The van der Waals surface area contributed by atoms with Gasteiger partial charge in [-0.1, -0.05) is 0 Å². The van der Waals surface area contributed by atoms with Crippen LogP contribution in [-0.4, -0.2) is 73.0 Å². The molecular formula is C17H32Cl2N4O2. The van der Waals surface area contributed by atoms with E-state index in [4.69, 9.17) is 0 Å². The van der Waals surface area contributed by atoms with E-state index in [2.05, 4.69) is 15.5 Å². The molecule has 2 N–H and O–H groups in total. The molecule has 3 fully saturated rings. The summed E-state index contributed by atoms with van der Waals surface area (Å²) >= 11 is 0. The summed E-state index contributed by atoms with van der Waals surface area (Å²) in [4.78, 5) is 28.6. The number of hydrogen-bond donors (Lipinski definition) is 2. The first-order valence-electron chi connectivity index (χ1n) is 9.16. The van der Waals surface area contributed by atoms with Crippen molar-refractivity contribution in [3.05, 3.63) is 0 Å². The fourth-order valence-electron chi connectivity index (χ4n) is 3.52. The van der Waals surface area contributed by atoms with Crippen molar-refractivity contribution < 1.29 is 9.59 Å². The van der Waals surface area contributed by atoms with Crippen molar-refractivity contribution in [3.63, 3.8) is 0 Å². The molecule has 2 atom stereocenters. The number of piperazine rings is 1. The Morgan fingerprint density at radius 2 is 1.80 bits per heavy atom. The maximum Gasteiger partial charge on any atom is 0.237 e. The normalized spacial score (nSPS) is 24.8. The summed E-state index contributed by atoms with van der Waals surface area (Å²) in [5.74, 6) is 1.10. The number of carbonyl (C=O) groups is 2. The van der Waals surface area contributed by atoms with E-state index in [9.17, 15) is 9.59 Å². The van der Waals surface area contributed by atoms with Crippen molar-refractivity contribution in [1.29, 1.82) is 0 Å². The van der Waals surface area contributed by atoms with E-state index in [0.29, 0.717) is 18.4 Å². The van der Waals surface area contributed by atoms with E-state index < -0.39 is 0 Å². The number of amides is 2. The van der Waals surface area contributed by atoms with E-state index >= 15 is 0 Å². The van der Waals surface area contributed by atoms with Crippen LogP contribution in [0.25, 0.3) is 0 Å². The van der Waals surface area contributed by atoms with Crippen molar-refractivity contribution >= 4 is 36.6 Å². The smallest absolute Gasteiger partial charge is 0.237 e. The molecule has 2 unspecified atom stereocenters. The Labute approximate surface area is 163 Å². The molecule has 0 aromatic carbocycles. The number of rotatable bonds is 6. The fourth-order valence-corrected chi connectivity index (χ4v) is 3.52. The lowest BCUT2D eigenvalue weighted by atomic mass is 10.0. The van der Waals surface area contributed by atoms with Crippen LogP contribution >= 0.6 is 24.8 Å². The van der Waals surface area contributed by atoms with Crippen molar-refractivity contribution in [2.75, 3.05) is 39.3 Å². The van der Waals surface area contributed by atoms with E-state index in [1.165, 1.54) is 6.42 Å². The molecule has 0 aromatic heterocycles. The highest BCUT2D eigenvalue weighted by molar-refractivity contribution is 5.85. The van der Waals surface area contributed by atoms with Crippen LogP contribution in [0, 0.1) is 5.92 Å². The fraction of sp³-hybridized carbons (Fsp3) is 0.882. The van der Waals surface area contributed by atoms with E-state index in [0.717, 1.165) is 58.5 Å². The summed E-state index contributed by atoms with van der Waals surface area (Å²) in [6, 6.07) is 0.329. The lowest BCUT2D eigenvalue weighted by molar-refractivity contribution is -0.134. The molecule has 1 saturated carbocycles. The molecule has 25 heavy (non-hydrogen) atoms. The van der Waals surface area contributed by atoms with Crippen LogP contribution in [0.15, 0.2) is 0 Å². The van der Waals surface area contributed by atoms with Gasteiger partial charge in [0.15, 0.2) is 0 Å². The van der Waals surface area contributed by atoms with Gasteiger partial charge < -0.3 is 15.5 Å². The first kappa shape index (κ1) is 22.5. The molecule has 8 heteroatoms. The van der Waals surface area contributed by atoms with Crippen LogP contribution in [0.1, 0.15) is 39.0 Å². The molecule has 6 nitrogen and oxygen atoms in total. The monoisotopic (exact) mass is 394 g/mol. The molecule has 2 saturated heterocycles. The van der Waals surface area contributed by atoms with Crippen molar-refractivity contribution in [2.45, 2.75) is 51.1 Å². The average molecular weight is 395 g/mol. The highest BCUT2D eigenvalue weighted by Crippen LogP contribution is 2.19. The number of carbonyl (C=O) groups excluding carboxylic acids is 2. The molecule has 146 valence electrons. The third-order valence-electron chi connectivity index (χ3n) is 5.45. The lowest BCUT2D eigenvalue weighted by Crippen LogP contribution is -2.55. The first-order valence-corrected chi connectivity index (χ1v) is 9.16. The average Bonchev–Trinajstić information content (AvgIpc) is 3.23. The summed E-state index contributed by atoms with van der Waals surface area (Å²) in [6.45, 7) is 7.24. The van der Waals surface area contributed by atoms with Crippen LogP contribution < -0.4 is 10.6 Å². The highest BCUT2D eigenvalue weighted by Gasteiger charge is 2.30. The lowest BCUT2D eigenvalue weighted by Gasteiger charge is -2.37. The Hall–Kier alpha value is -0.560. The molecular weight excluding hydrogens is 363 g/mol. The van der Waals surface area contributed by atoms with Crippen molar-refractivity contribution in [2.24, 2.45) is 5.92 Å². The van der Waals surface area contributed by atoms with Gasteiger partial charge in [-0.2, -0.15) is 0 Å². The molecule has 2 heterocycles. The minimum atomic E-state index is -0.0857. The Balaban J connectivity index is 0.00000156. The molecule has 0 bridgehead atoms. The molecule has 3 aliphatic rings. The number of hydrogen-bond acceptors (Lipinski definition) is 4. The van der Waals surface area contributed by atoms with Gasteiger partial charge in [0.1, 0.15) is 0 Å². The third-order valence-corrected chi connectivity index (χ3v) is 5.45. The maximum atomic E-state index is 12.3. The van der Waals surface area contributed by atoms with Gasteiger partial charge in [0.2, 0.25) is 11.8 Å². The molecule has 2 aliphatic heterocycles. The van der Waals surface area contributed by atoms with Gasteiger partial charge in [-0.25, -0.2) is 0 Å². The summed E-state index contributed by atoms with van der Waals surface area (Å²) in [7, 11) is 0. The molecule has 0 spiro atoms. The molecule has 0 radical (unpaired) electrons. The second-order valence-electron chi connectivity index (χ2n) is 7.27. The van der Waals surface area contributed by atoms with E-state index in [1.54, 1.807) is 0 Å². The molecule has 0 aromatic rings. The summed E-state index contributed by atoms with van der Waals surface area (Å²) < 4.78 is 0. The summed E-state index contributed by atoms with van der Waals surface area (Å²) in [6.07, 6.45) is 5.12. The minimum absolute atomic E-state index is 0.